The van der Waals surface area contributed by atoms with Gasteiger partial charge >= 0.3 is 0 Å². The molecule has 5 heteroatoms. The second-order valence-electron chi connectivity index (χ2n) is 6.79. The minimum atomic E-state index is -0.361. The molecule has 3 nitrogen and oxygen atoms in total. The second-order valence-corrected chi connectivity index (χ2v) is 6.79. The third-order valence-electron chi connectivity index (χ3n) is 4.59. The number of halogens is 2. The van der Waals surface area contributed by atoms with Gasteiger partial charge in [-0.25, -0.2) is 8.78 Å². The van der Waals surface area contributed by atoms with Crippen molar-refractivity contribution in [3.05, 3.63) is 101 Å². The van der Waals surface area contributed by atoms with E-state index in [9.17, 15) is 13.6 Å². The molecular weight excluding hydrogens is 358 g/mol. The van der Waals surface area contributed by atoms with Crippen LogP contribution in [0.2, 0.25) is 0 Å². The molecule has 3 aromatic carbocycles. The SMILES string of the molecule is Cc1ccc(NC(=O)CN(C)C(c2ccccc2)c2ccc(F)cc2)cc1F. The molecule has 1 unspecified atom stereocenters. The highest BCUT2D eigenvalue weighted by Crippen LogP contribution is 2.27. The van der Waals surface area contributed by atoms with Crippen molar-refractivity contribution in [2.45, 2.75) is 13.0 Å². The van der Waals surface area contributed by atoms with Crippen LogP contribution in [0, 0.1) is 18.6 Å². The molecule has 3 rings (SSSR count). The fourth-order valence-corrected chi connectivity index (χ4v) is 3.17. The zero-order valence-corrected chi connectivity index (χ0v) is 15.8. The van der Waals surface area contributed by atoms with Crippen LogP contribution in [-0.4, -0.2) is 24.4 Å². The topological polar surface area (TPSA) is 32.3 Å². The Labute approximate surface area is 163 Å². The summed E-state index contributed by atoms with van der Waals surface area (Å²) in [4.78, 5) is 14.4. The van der Waals surface area contributed by atoms with Crippen molar-refractivity contribution in [1.82, 2.24) is 4.90 Å². The highest BCUT2D eigenvalue weighted by Gasteiger charge is 2.21. The minimum Gasteiger partial charge on any atom is -0.325 e. The number of rotatable bonds is 6. The lowest BCUT2D eigenvalue weighted by molar-refractivity contribution is -0.117. The Balaban J connectivity index is 1.79. The molecule has 0 aliphatic carbocycles. The van der Waals surface area contributed by atoms with E-state index in [-0.39, 0.29) is 30.1 Å². The van der Waals surface area contributed by atoms with Crippen molar-refractivity contribution in [2.24, 2.45) is 0 Å². The summed E-state index contributed by atoms with van der Waals surface area (Å²) < 4.78 is 27.1. The van der Waals surface area contributed by atoms with Crippen molar-refractivity contribution in [3.63, 3.8) is 0 Å². The van der Waals surface area contributed by atoms with Gasteiger partial charge in [0.1, 0.15) is 11.6 Å². The van der Waals surface area contributed by atoms with E-state index in [0.29, 0.717) is 11.3 Å². The van der Waals surface area contributed by atoms with Gasteiger partial charge < -0.3 is 5.32 Å². The first-order chi connectivity index (χ1) is 13.4. The van der Waals surface area contributed by atoms with Crippen LogP contribution in [0.25, 0.3) is 0 Å². The maximum Gasteiger partial charge on any atom is 0.238 e. The van der Waals surface area contributed by atoms with Crippen LogP contribution < -0.4 is 5.32 Å². The van der Waals surface area contributed by atoms with Crippen molar-refractivity contribution in [2.75, 3.05) is 18.9 Å². The summed E-state index contributed by atoms with van der Waals surface area (Å²) in [6, 6.07) is 20.4. The predicted molar refractivity (Wildman–Crippen MR) is 107 cm³/mol. The molecule has 0 heterocycles. The number of nitrogens with zero attached hydrogens (tertiary/aromatic N) is 1. The molecule has 0 aliphatic rings. The van der Waals surface area contributed by atoms with Gasteiger partial charge in [0, 0.05) is 5.69 Å². The Kier molecular flexibility index (Phi) is 6.16. The maximum absolute atomic E-state index is 13.7. The molecule has 0 aromatic heterocycles. The molecule has 28 heavy (non-hydrogen) atoms. The van der Waals surface area contributed by atoms with Gasteiger partial charge in [-0.05, 0) is 54.9 Å². The Bertz CT molecular complexity index is 943. The lowest BCUT2D eigenvalue weighted by Crippen LogP contribution is -2.34. The number of amides is 1. The average molecular weight is 380 g/mol. The predicted octanol–water partition coefficient (Wildman–Crippen LogP) is 4.93. The molecule has 0 spiro atoms. The van der Waals surface area contributed by atoms with E-state index in [4.69, 9.17) is 0 Å². The third-order valence-corrected chi connectivity index (χ3v) is 4.59. The summed E-state index contributed by atoms with van der Waals surface area (Å²) in [5.74, 6) is -0.925. The number of anilines is 1. The molecule has 0 bridgehead atoms. The molecule has 3 aromatic rings. The molecule has 0 saturated carbocycles. The van der Waals surface area contributed by atoms with Gasteiger partial charge in [-0.1, -0.05) is 48.5 Å². The summed E-state index contributed by atoms with van der Waals surface area (Å²) in [5.41, 5.74) is 2.81. The lowest BCUT2D eigenvalue weighted by atomic mass is 9.97. The third kappa shape index (κ3) is 4.81. The first kappa shape index (κ1) is 19.7. The van der Waals surface area contributed by atoms with Crippen LogP contribution >= 0.6 is 0 Å². The largest absolute Gasteiger partial charge is 0.325 e. The van der Waals surface area contributed by atoms with E-state index in [0.717, 1.165) is 11.1 Å². The summed E-state index contributed by atoms with van der Waals surface area (Å²) in [6.07, 6.45) is 0. The zero-order valence-electron chi connectivity index (χ0n) is 15.8. The molecule has 1 N–H and O–H groups in total. The van der Waals surface area contributed by atoms with Gasteiger partial charge in [0.05, 0.1) is 12.6 Å². The molecule has 144 valence electrons. The Morgan fingerprint density at radius 3 is 2.25 bits per heavy atom. The van der Waals surface area contributed by atoms with E-state index in [2.05, 4.69) is 5.32 Å². The second kappa shape index (κ2) is 8.76. The molecule has 0 fully saturated rings. The van der Waals surface area contributed by atoms with E-state index >= 15 is 0 Å². The number of hydrogen-bond acceptors (Lipinski definition) is 2. The Morgan fingerprint density at radius 1 is 0.964 bits per heavy atom. The average Bonchev–Trinajstić information content (AvgIpc) is 2.67. The molecule has 0 saturated heterocycles. The molecule has 1 atom stereocenters. The fourth-order valence-electron chi connectivity index (χ4n) is 3.17. The summed E-state index contributed by atoms with van der Waals surface area (Å²) in [5, 5.41) is 2.73. The van der Waals surface area contributed by atoms with Crippen molar-refractivity contribution < 1.29 is 13.6 Å². The van der Waals surface area contributed by atoms with E-state index in [1.165, 1.54) is 18.2 Å². The number of nitrogens with one attached hydrogen (secondary N) is 1. The number of likely N-dealkylation sites (N-methyl/N-ethyl adjacent to an activating group) is 1. The number of aryl methyl sites for hydroxylation is 1. The Hall–Kier alpha value is -3.05. The van der Waals surface area contributed by atoms with Crippen LogP contribution in [0.1, 0.15) is 22.7 Å². The van der Waals surface area contributed by atoms with Crippen molar-refractivity contribution in [1.29, 1.82) is 0 Å². The number of benzene rings is 3. The number of carbonyl (C=O) groups excluding carboxylic acids is 1. The zero-order chi connectivity index (χ0) is 20.1. The van der Waals surface area contributed by atoms with Crippen LogP contribution in [-0.2, 0) is 4.79 Å². The van der Waals surface area contributed by atoms with Gasteiger partial charge in [-0.2, -0.15) is 0 Å². The summed E-state index contributed by atoms with van der Waals surface area (Å²) in [6.45, 7) is 1.76. The maximum atomic E-state index is 13.7. The molecule has 1 amide bonds. The van der Waals surface area contributed by atoms with Crippen LogP contribution in [0.3, 0.4) is 0 Å². The van der Waals surface area contributed by atoms with Crippen LogP contribution in [0.4, 0.5) is 14.5 Å². The molecule has 0 radical (unpaired) electrons. The molecular formula is C23H22F2N2O. The van der Waals surface area contributed by atoms with Gasteiger partial charge in [-0.15, -0.1) is 0 Å². The molecule has 0 aliphatic heterocycles. The summed E-state index contributed by atoms with van der Waals surface area (Å²) in [7, 11) is 1.83. The monoisotopic (exact) mass is 380 g/mol. The van der Waals surface area contributed by atoms with E-state index < -0.39 is 0 Å². The number of carbonyl (C=O) groups is 1. The Morgan fingerprint density at radius 2 is 1.61 bits per heavy atom. The lowest BCUT2D eigenvalue weighted by Gasteiger charge is -2.28. The first-order valence-corrected chi connectivity index (χ1v) is 9.00. The van der Waals surface area contributed by atoms with E-state index in [1.807, 2.05) is 42.3 Å². The van der Waals surface area contributed by atoms with Gasteiger partial charge in [0.25, 0.3) is 0 Å². The first-order valence-electron chi connectivity index (χ1n) is 9.00. The van der Waals surface area contributed by atoms with Gasteiger partial charge in [0.2, 0.25) is 5.91 Å². The normalized spacial score (nSPS) is 12.0. The standard InChI is InChI=1S/C23H22F2N2O/c1-16-8-13-20(14-21(16)25)26-22(28)15-27(2)23(17-6-4-3-5-7-17)18-9-11-19(24)12-10-18/h3-14,23H,15H2,1-2H3,(H,26,28). The quantitative estimate of drug-likeness (QED) is 0.657. The highest BCUT2D eigenvalue weighted by atomic mass is 19.1. The smallest absolute Gasteiger partial charge is 0.238 e. The minimum absolute atomic E-state index is 0.0897. The van der Waals surface area contributed by atoms with Gasteiger partial charge in [0.15, 0.2) is 0 Å². The van der Waals surface area contributed by atoms with Crippen LogP contribution in [0.15, 0.2) is 72.8 Å². The van der Waals surface area contributed by atoms with Crippen molar-refractivity contribution in [3.8, 4) is 0 Å². The fraction of sp³-hybridized carbons (Fsp3) is 0.174. The van der Waals surface area contributed by atoms with Crippen molar-refractivity contribution >= 4 is 11.6 Å². The van der Waals surface area contributed by atoms with E-state index in [1.54, 1.807) is 31.2 Å². The highest BCUT2D eigenvalue weighted by molar-refractivity contribution is 5.92. The number of hydrogen-bond donors (Lipinski definition) is 1. The van der Waals surface area contributed by atoms with Crippen LogP contribution in [0.5, 0.6) is 0 Å². The van der Waals surface area contributed by atoms with Gasteiger partial charge in [-0.3, -0.25) is 9.69 Å². The summed E-state index contributed by atoms with van der Waals surface area (Å²) >= 11 is 0.